The van der Waals surface area contributed by atoms with Crippen LogP contribution in [0.3, 0.4) is 0 Å². The van der Waals surface area contributed by atoms with E-state index in [-0.39, 0.29) is 11.2 Å². The first-order chi connectivity index (χ1) is 8.72. The molecule has 1 heterocycles. The maximum Gasteiger partial charge on any atom is 0.196 e. The van der Waals surface area contributed by atoms with Gasteiger partial charge in [-0.25, -0.2) is 0 Å². The Morgan fingerprint density at radius 3 is 2.67 bits per heavy atom. The van der Waals surface area contributed by atoms with Crippen LogP contribution in [0.1, 0.15) is 12.5 Å². The molecule has 90 valence electrons. The second kappa shape index (κ2) is 4.10. The zero-order valence-corrected chi connectivity index (χ0v) is 10.8. The van der Waals surface area contributed by atoms with Crippen molar-refractivity contribution in [2.45, 2.75) is 13.3 Å². The van der Waals surface area contributed by atoms with Crippen LogP contribution in [0.2, 0.25) is 0 Å². The summed E-state index contributed by atoms with van der Waals surface area (Å²) in [7, 11) is 0. The molecule has 0 amide bonds. The van der Waals surface area contributed by atoms with Crippen LogP contribution in [0, 0.1) is 0 Å². The van der Waals surface area contributed by atoms with E-state index in [1.54, 1.807) is 17.4 Å². The molecule has 0 spiro atoms. The molecule has 3 aromatic rings. The molecule has 0 fully saturated rings. The van der Waals surface area contributed by atoms with E-state index in [4.69, 9.17) is 0 Å². The maximum absolute atomic E-state index is 12.5. The van der Waals surface area contributed by atoms with Gasteiger partial charge in [-0.05, 0) is 30.7 Å². The molecule has 2 aromatic carbocycles. The zero-order valence-electron chi connectivity index (χ0n) is 9.93. The molecule has 0 unspecified atom stereocenters. The van der Waals surface area contributed by atoms with Gasteiger partial charge in [0.05, 0.1) is 0 Å². The molecule has 3 rings (SSSR count). The van der Waals surface area contributed by atoms with Crippen LogP contribution < -0.4 is 5.43 Å². The van der Waals surface area contributed by atoms with Crippen molar-refractivity contribution >= 4 is 31.5 Å². The van der Waals surface area contributed by atoms with Crippen molar-refractivity contribution in [3.8, 4) is 5.75 Å². The van der Waals surface area contributed by atoms with Gasteiger partial charge in [0.2, 0.25) is 0 Å². The number of aromatic hydroxyl groups is 1. The number of hydrogen-bond donors (Lipinski definition) is 1. The van der Waals surface area contributed by atoms with Gasteiger partial charge >= 0.3 is 0 Å². The first kappa shape index (κ1) is 11.2. The normalized spacial score (nSPS) is 11.2. The number of hydrogen-bond acceptors (Lipinski definition) is 3. The molecular formula is C15H12O2S. The van der Waals surface area contributed by atoms with Crippen LogP contribution in [0.4, 0.5) is 0 Å². The summed E-state index contributed by atoms with van der Waals surface area (Å²) in [6.45, 7) is 1.95. The van der Waals surface area contributed by atoms with E-state index in [1.807, 2.05) is 37.3 Å². The van der Waals surface area contributed by atoms with Crippen LogP contribution in [-0.4, -0.2) is 5.11 Å². The van der Waals surface area contributed by atoms with Gasteiger partial charge in [0.15, 0.2) is 5.43 Å². The third kappa shape index (κ3) is 1.51. The van der Waals surface area contributed by atoms with Crippen LogP contribution in [0.5, 0.6) is 5.75 Å². The van der Waals surface area contributed by atoms with Gasteiger partial charge in [0, 0.05) is 25.7 Å². The molecule has 0 aliphatic carbocycles. The van der Waals surface area contributed by atoms with Gasteiger partial charge < -0.3 is 5.11 Å². The van der Waals surface area contributed by atoms with Crippen LogP contribution >= 0.6 is 11.3 Å². The molecule has 3 heteroatoms. The molecule has 0 saturated carbocycles. The topological polar surface area (TPSA) is 37.3 Å². The van der Waals surface area contributed by atoms with E-state index in [1.165, 1.54) is 0 Å². The average Bonchev–Trinajstić information content (AvgIpc) is 2.40. The molecule has 0 saturated heterocycles. The number of rotatable bonds is 1. The number of aryl methyl sites for hydroxylation is 1. The van der Waals surface area contributed by atoms with E-state index in [0.29, 0.717) is 11.8 Å². The van der Waals surface area contributed by atoms with Crippen molar-refractivity contribution in [1.29, 1.82) is 0 Å². The van der Waals surface area contributed by atoms with Crippen molar-refractivity contribution in [3.63, 3.8) is 0 Å². The number of phenolic OH excluding ortho intramolecular Hbond substituents is 1. The SMILES string of the molecule is CCc1c(O)ccc2sc3ccccc3c(=O)c12. The lowest BCUT2D eigenvalue weighted by molar-refractivity contribution is 0.470. The van der Waals surface area contributed by atoms with Gasteiger partial charge in [0.25, 0.3) is 0 Å². The first-order valence-corrected chi connectivity index (χ1v) is 6.70. The van der Waals surface area contributed by atoms with E-state index in [2.05, 4.69) is 0 Å². The van der Waals surface area contributed by atoms with Gasteiger partial charge in [-0.15, -0.1) is 11.3 Å². The van der Waals surface area contributed by atoms with Crippen molar-refractivity contribution in [2.75, 3.05) is 0 Å². The number of phenols is 1. The van der Waals surface area contributed by atoms with Crippen LogP contribution in [0.25, 0.3) is 20.2 Å². The summed E-state index contributed by atoms with van der Waals surface area (Å²) in [5.74, 6) is 0.213. The Hall–Kier alpha value is -1.87. The Labute approximate surface area is 108 Å². The minimum Gasteiger partial charge on any atom is -0.508 e. The predicted molar refractivity (Wildman–Crippen MR) is 76.6 cm³/mol. The number of benzene rings is 2. The highest BCUT2D eigenvalue weighted by molar-refractivity contribution is 7.24. The molecular weight excluding hydrogens is 244 g/mol. The second-order valence-corrected chi connectivity index (χ2v) is 5.30. The smallest absolute Gasteiger partial charge is 0.196 e. The van der Waals surface area contributed by atoms with Crippen molar-refractivity contribution in [2.24, 2.45) is 0 Å². The predicted octanol–water partition coefficient (Wildman–Crippen LogP) is 3.68. The minimum absolute atomic E-state index is 0.0205. The fourth-order valence-electron chi connectivity index (χ4n) is 2.30. The summed E-state index contributed by atoms with van der Waals surface area (Å²) in [4.78, 5) is 12.5. The van der Waals surface area contributed by atoms with Crippen LogP contribution in [0.15, 0.2) is 41.2 Å². The summed E-state index contributed by atoms with van der Waals surface area (Å²) in [6.07, 6.45) is 0.656. The Morgan fingerprint density at radius 1 is 1.11 bits per heavy atom. The largest absolute Gasteiger partial charge is 0.508 e. The molecule has 1 N–H and O–H groups in total. The molecule has 0 radical (unpaired) electrons. The lowest BCUT2D eigenvalue weighted by Crippen LogP contribution is -2.04. The molecule has 0 aliphatic rings. The molecule has 18 heavy (non-hydrogen) atoms. The van der Waals surface area contributed by atoms with E-state index in [0.717, 1.165) is 20.3 Å². The molecule has 0 bridgehead atoms. The summed E-state index contributed by atoms with van der Waals surface area (Å²) in [6, 6.07) is 11.1. The van der Waals surface area contributed by atoms with Crippen molar-refractivity contribution < 1.29 is 5.11 Å². The summed E-state index contributed by atoms with van der Waals surface area (Å²) < 4.78 is 1.93. The lowest BCUT2D eigenvalue weighted by Gasteiger charge is -2.07. The van der Waals surface area contributed by atoms with Gasteiger partial charge in [-0.3, -0.25) is 4.79 Å². The highest BCUT2D eigenvalue weighted by atomic mass is 32.1. The van der Waals surface area contributed by atoms with Gasteiger partial charge in [-0.2, -0.15) is 0 Å². The highest BCUT2D eigenvalue weighted by Crippen LogP contribution is 2.31. The fraction of sp³-hybridized carbons (Fsp3) is 0.133. The zero-order chi connectivity index (χ0) is 12.7. The molecule has 0 atom stereocenters. The van der Waals surface area contributed by atoms with Gasteiger partial charge in [0.1, 0.15) is 5.75 Å². The lowest BCUT2D eigenvalue weighted by atomic mass is 10.0. The Balaban J connectivity index is 2.61. The monoisotopic (exact) mass is 256 g/mol. The molecule has 2 nitrogen and oxygen atoms in total. The summed E-state index contributed by atoms with van der Waals surface area (Å²) in [5, 5.41) is 11.3. The third-order valence-electron chi connectivity index (χ3n) is 3.18. The van der Waals surface area contributed by atoms with Gasteiger partial charge in [-0.1, -0.05) is 19.1 Å². The second-order valence-electron chi connectivity index (χ2n) is 4.22. The van der Waals surface area contributed by atoms with E-state index < -0.39 is 0 Å². The van der Waals surface area contributed by atoms with E-state index in [9.17, 15) is 9.90 Å². The molecule has 0 aliphatic heterocycles. The van der Waals surface area contributed by atoms with Crippen molar-refractivity contribution in [1.82, 2.24) is 0 Å². The van der Waals surface area contributed by atoms with Crippen molar-refractivity contribution in [3.05, 3.63) is 52.2 Å². The van der Waals surface area contributed by atoms with E-state index >= 15 is 0 Å². The Bertz CT molecular complexity index is 803. The fourth-order valence-corrected chi connectivity index (χ4v) is 3.41. The maximum atomic E-state index is 12.5. The Morgan fingerprint density at radius 2 is 1.89 bits per heavy atom. The summed E-state index contributed by atoms with van der Waals surface area (Å²) >= 11 is 1.59. The quantitative estimate of drug-likeness (QED) is 0.674. The highest BCUT2D eigenvalue weighted by Gasteiger charge is 2.11. The third-order valence-corrected chi connectivity index (χ3v) is 4.32. The average molecular weight is 256 g/mol. The summed E-state index contributed by atoms with van der Waals surface area (Å²) in [5.41, 5.74) is 0.770. The Kier molecular flexibility index (Phi) is 2.56. The van der Waals surface area contributed by atoms with Crippen LogP contribution in [-0.2, 0) is 6.42 Å². The number of fused-ring (bicyclic) bond motifs is 2. The minimum atomic E-state index is 0.0205. The standard InChI is InChI=1S/C15H12O2S/c1-2-9-11(16)7-8-13-14(9)15(17)10-5-3-4-6-12(10)18-13/h3-8,16H,2H2,1H3. The first-order valence-electron chi connectivity index (χ1n) is 5.88. The molecule has 1 aromatic heterocycles.